The van der Waals surface area contributed by atoms with Crippen LogP contribution in [0.15, 0.2) is 12.1 Å². The minimum Gasteiger partial charge on any atom is -0.362 e. The summed E-state index contributed by atoms with van der Waals surface area (Å²) in [5.74, 6) is 1.04. The van der Waals surface area contributed by atoms with E-state index < -0.39 is 0 Å². The maximum Gasteiger partial charge on any atom is 0.273 e. The van der Waals surface area contributed by atoms with E-state index in [2.05, 4.69) is 22.4 Å². The summed E-state index contributed by atoms with van der Waals surface area (Å²) in [5, 5.41) is 11.6. The van der Waals surface area contributed by atoms with Crippen LogP contribution in [-0.2, 0) is 0 Å². The van der Waals surface area contributed by atoms with Crippen molar-refractivity contribution < 1.29 is 4.79 Å². The van der Waals surface area contributed by atoms with Gasteiger partial charge in [-0.1, -0.05) is 19.8 Å². The van der Waals surface area contributed by atoms with Gasteiger partial charge in [0.1, 0.15) is 5.82 Å². The molecule has 1 aliphatic rings. The van der Waals surface area contributed by atoms with E-state index in [1.54, 1.807) is 20.2 Å². The van der Waals surface area contributed by atoms with Gasteiger partial charge in [0.2, 0.25) is 0 Å². The van der Waals surface area contributed by atoms with E-state index in [4.69, 9.17) is 5.73 Å². The molecule has 1 aromatic rings. The Morgan fingerprint density at radius 3 is 2.71 bits per heavy atom. The van der Waals surface area contributed by atoms with Gasteiger partial charge < -0.3 is 16.0 Å². The first-order valence-corrected chi connectivity index (χ1v) is 7.52. The first-order chi connectivity index (χ1) is 9.98. The van der Waals surface area contributed by atoms with E-state index in [-0.39, 0.29) is 11.4 Å². The number of rotatable bonds is 4. The lowest BCUT2D eigenvalue weighted by Crippen LogP contribution is -2.52. The van der Waals surface area contributed by atoms with Crippen LogP contribution in [0.5, 0.6) is 0 Å². The second kappa shape index (κ2) is 6.39. The summed E-state index contributed by atoms with van der Waals surface area (Å²) in [5.41, 5.74) is 6.26. The Morgan fingerprint density at radius 1 is 1.43 bits per heavy atom. The first-order valence-electron chi connectivity index (χ1n) is 7.52. The van der Waals surface area contributed by atoms with Gasteiger partial charge in [-0.15, -0.1) is 10.2 Å². The van der Waals surface area contributed by atoms with Gasteiger partial charge in [-0.25, -0.2) is 0 Å². The number of carbonyl (C=O) groups is 1. The number of amides is 1. The molecule has 1 aromatic heterocycles. The Labute approximate surface area is 126 Å². The fourth-order valence-corrected chi connectivity index (χ4v) is 2.95. The minimum absolute atomic E-state index is 0.111. The molecule has 1 amide bonds. The van der Waals surface area contributed by atoms with E-state index in [1.807, 2.05) is 6.07 Å². The Balaban J connectivity index is 2.13. The lowest BCUT2D eigenvalue weighted by Gasteiger charge is -2.42. The van der Waals surface area contributed by atoms with Gasteiger partial charge in [-0.05, 0) is 30.9 Å². The average molecular weight is 291 g/mol. The molecule has 1 heterocycles. The van der Waals surface area contributed by atoms with Crippen molar-refractivity contribution in [3.8, 4) is 0 Å². The van der Waals surface area contributed by atoms with Crippen molar-refractivity contribution in [3.05, 3.63) is 17.8 Å². The van der Waals surface area contributed by atoms with Crippen molar-refractivity contribution in [2.45, 2.75) is 38.1 Å². The number of nitrogens with one attached hydrogen (secondary N) is 1. The molecule has 1 fully saturated rings. The molecule has 6 heteroatoms. The number of anilines is 1. The third-order valence-corrected chi connectivity index (χ3v) is 4.48. The molecule has 1 aliphatic carbocycles. The molecule has 2 atom stereocenters. The Kier molecular flexibility index (Phi) is 4.77. The summed E-state index contributed by atoms with van der Waals surface area (Å²) < 4.78 is 0. The molecule has 116 valence electrons. The van der Waals surface area contributed by atoms with E-state index in [0.29, 0.717) is 24.0 Å². The summed E-state index contributed by atoms with van der Waals surface area (Å²) in [7, 11) is 3.40. The molecule has 2 rings (SSSR count). The van der Waals surface area contributed by atoms with Crippen LogP contribution in [0.1, 0.15) is 43.1 Å². The van der Waals surface area contributed by atoms with Crippen LogP contribution in [-0.4, -0.2) is 47.2 Å². The first kappa shape index (κ1) is 15.7. The SMILES string of the molecule is CC1CCCCC1(CN)Nc1ccc(C(=O)N(C)C)nn1. The Hall–Kier alpha value is -1.69. The molecule has 0 aliphatic heterocycles. The second-order valence-corrected chi connectivity index (χ2v) is 6.14. The molecule has 0 saturated heterocycles. The molecule has 1 saturated carbocycles. The molecule has 0 bridgehead atoms. The number of carbonyl (C=O) groups excluding carboxylic acids is 1. The van der Waals surface area contributed by atoms with Gasteiger partial charge in [0.05, 0.1) is 5.54 Å². The van der Waals surface area contributed by atoms with Crippen LogP contribution >= 0.6 is 0 Å². The van der Waals surface area contributed by atoms with Gasteiger partial charge in [-0.2, -0.15) is 0 Å². The predicted octanol–water partition coefficient (Wildman–Crippen LogP) is 1.50. The highest BCUT2D eigenvalue weighted by Gasteiger charge is 2.37. The van der Waals surface area contributed by atoms with Crippen LogP contribution in [0.25, 0.3) is 0 Å². The van der Waals surface area contributed by atoms with E-state index in [0.717, 1.165) is 6.42 Å². The van der Waals surface area contributed by atoms with Crippen LogP contribution < -0.4 is 11.1 Å². The highest BCUT2D eigenvalue weighted by atomic mass is 16.2. The quantitative estimate of drug-likeness (QED) is 0.878. The third kappa shape index (κ3) is 3.32. The molecular weight excluding hydrogens is 266 g/mol. The predicted molar refractivity (Wildman–Crippen MR) is 83.1 cm³/mol. The highest BCUT2D eigenvalue weighted by molar-refractivity contribution is 5.91. The number of hydrogen-bond acceptors (Lipinski definition) is 5. The van der Waals surface area contributed by atoms with Crippen LogP contribution in [0.3, 0.4) is 0 Å². The maximum absolute atomic E-state index is 11.8. The van der Waals surface area contributed by atoms with Gasteiger partial charge in [0, 0.05) is 20.6 Å². The Bertz CT molecular complexity index is 487. The lowest BCUT2D eigenvalue weighted by atomic mass is 9.73. The molecule has 0 spiro atoms. The molecule has 6 nitrogen and oxygen atoms in total. The van der Waals surface area contributed by atoms with Crippen molar-refractivity contribution >= 4 is 11.7 Å². The summed E-state index contributed by atoms with van der Waals surface area (Å²) >= 11 is 0. The fourth-order valence-electron chi connectivity index (χ4n) is 2.95. The van der Waals surface area contributed by atoms with Crippen molar-refractivity contribution in [2.75, 3.05) is 26.0 Å². The monoisotopic (exact) mass is 291 g/mol. The summed E-state index contributed by atoms with van der Waals surface area (Å²) in [6.07, 6.45) is 4.66. The second-order valence-electron chi connectivity index (χ2n) is 6.14. The Morgan fingerprint density at radius 2 is 2.19 bits per heavy atom. The molecule has 3 N–H and O–H groups in total. The minimum atomic E-state index is -0.145. The lowest BCUT2D eigenvalue weighted by molar-refractivity contribution is 0.0821. The van der Waals surface area contributed by atoms with Crippen LogP contribution in [0.4, 0.5) is 5.82 Å². The topological polar surface area (TPSA) is 84.1 Å². The molecule has 0 aromatic carbocycles. The van der Waals surface area contributed by atoms with E-state index in [9.17, 15) is 4.79 Å². The summed E-state index contributed by atoms with van der Waals surface area (Å²) in [6, 6.07) is 3.51. The molecular formula is C15H25N5O. The van der Waals surface area contributed by atoms with Gasteiger partial charge in [0.15, 0.2) is 5.69 Å². The fraction of sp³-hybridized carbons (Fsp3) is 0.667. The average Bonchev–Trinajstić information content (AvgIpc) is 2.49. The number of aromatic nitrogens is 2. The number of nitrogens with two attached hydrogens (primary N) is 1. The van der Waals surface area contributed by atoms with Gasteiger partial charge in [0.25, 0.3) is 5.91 Å². The van der Waals surface area contributed by atoms with Crippen molar-refractivity contribution in [3.63, 3.8) is 0 Å². The largest absolute Gasteiger partial charge is 0.362 e. The zero-order chi connectivity index (χ0) is 15.5. The van der Waals surface area contributed by atoms with Gasteiger partial charge in [-0.3, -0.25) is 4.79 Å². The standard InChI is InChI=1S/C15H25N5O/c1-11-6-4-5-9-15(11,10-16)17-13-8-7-12(18-19-13)14(21)20(2)3/h7-8,11H,4-6,9-10,16H2,1-3H3,(H,17,19). The normalized spacial score (nSPS) is 25.4. The van der Waals surface area contributed by atoms with Crippen LogP contribution in [0, 0.1) is 5.92 Å². The summed E-state index contributed by atoms with van der Waals surface area (Å²) in [6.45, 7) is 2.81. The third-order valence-electron chi connectivity index (χ3n) is 4.48. The summed E-state index contributed by atoms with van der Waals surface area (Å²) in [4.78, 5) is 13.3. The molecule has 2 unspecified atom stereocenters. The van der Waals surface area contributed by atoms with Crippen molar-refractivity contribution in [1.29, 1.82) is 0 Å². The zero-order valence-corrected chi connectivity index (χ0v) is 13.1. The zero-order valence-electron chi connectivity index (χ0n) is 13.1. The smallest absolute Gasteiger partial charge is 0.273 e. The van der Waals surface area contributed by atoms with Crippen LogP contribution in [0.2, 0.25) is 0 Å². The molecule has 21 heavy (non-hydrogen) atoms. The molecule has 0 radical (unpaired) electrons. The van der Waals surface area contributed by atoms with Crippen molar-refractivity contribution in [2.24, 2.45) is 11.7 Å². The van der Waals surface area contributed by atoms with Gasteiger partial charge >= 0.3 is 0 Å². The van der Waals surface area contributed by atoms with E-state index >= 15 is 0 Å². The number of hydrogen-bond donors (Lipinski definition) is 2. The number of nitrogens with zero attached hydrogens (tertiary/aromatic N) is 3. The van der Waals surface area contributed by atoms with E-state index in [1.165, 1.54) is 24.2 Å². The maximum atomic E-state index is 11.8. The van der Waals surface area contributed by atoms with Crippen molar-refractivity contribution in [1.82, 2.24) is 15.1 Å². The highest BCUT2D eigenvalue weighted by Crippen LogP contribution is 2.35.